The van der Waals surface area contributed by atoms with Crippen LogP contribution in [0.5, 0.6) is 0 Å². The average Bonchev–Trinajstić information content (AvgIpc) is 2.79. The van der Waals surface area contributed by atoms with E-state index in [1.165, 1.54) is 11.1 Å². The van der Waals surface area contributed by atoms with Gasteiger partial charge in [0.15, 0.2) is 6.29 Å². The second kappa shape index (κ2) is 11.8. The largest absolute Gasteiger partial charge is 0.354 e. The average molecular weight is 466 g/mol. The molecule has 0 saturated heterocycles. The Balaban J connectivity index is 1.95. The zero-order valence-corrected chi connectivity index (χ0v) is 19.0. The molecule has 1 unspecified atom stereocenters. The minimum Gasteiger partial charge on any atom is -0.354 e. The van der Waals surface area contributed by atoms with Gasteiger partial charge in [0.05, 0.1) is 6.04 Å². The van der Waals surface area contributed by atoms with Crippen molar-refractivity contribution in [3.8, 4) is 0 Å². The highest BCUT2D eigenvalue weighted by molar-refractivity contribution is 9.10. The second-order valence-electron chi connectivity index (χ2n) is 7.09. The molecule has 3 aromatic rings. The molecular formula is C26H28BrNO2. The van der Waals surface area contributed by atoms with E-state index in [2.05, 4.69) is 87.6 Å². The first kappa shape index (κ1) is 22.4. The molecule has 0 bridgehead atoms. The molecule has 0 amide bonds. The van der Waals surface area contributed by atoms with Gasteiger partial charge in [-0.05, 0) is 22.8 Å². The predicted molar refractivity (Wildman–Crippen MR) is 127 cm³/mol. The van der Waals surface area contributed by atoms with Crippen molar-refractivity contribution in [2.75, 3.05) is 14.2 Å². The lowest BCUT2D eigenvalue weighted by molar-refractivity contribution is -0.138. The summed E-state index contributed by atoms with van der Waals surface area (Å²) in [7, 11) is 3.38. The van der Waals surface area contributed by atoms with E-state index in [1.54, 1.807) is 14.2 Å². The Kier molecular flexibility index (Phi) is 8.84. The topological polar surface area (TPSA) is 21.7 Å². The van der Waals surface area contributed by atoms with E-state index in [4.69, 9.17) is 9.47 Å². The van der Waals surface area contributed by atoms with Gasteiger partial charge in [-0.1, -0.05) is 107 Å². The highest BCUT2D eigenvalue weighted by atomic mass is 79.9. The number of nitrogens with zero attached hydrogens (tertiary/aromatic N) is 1. The number of benzene rings is 3. The highest BCUT2D eigenvalue weighted by Gasteiger charge is 2.26. The molecular weight excluding hydrogens is 438 g/mol. The number of methoxy groups -OCH3 is 2. The van der Waals surface area contributed by atoms with Crippen LogP contribution in [0.15, 0.2) is 95.5 Å². The Morgan fingerprint density at radius 3 is 1.77 bits per heavy atom. The summed E-state index contributed by atoms with van der Waals surface area (Å²) in [5.41, 5.74) is 3.62. The van der Waals surface area contributed by atoms with Gasteiger partial charge in [-0.25, -0.2) is 0 Å². The number of hydrogen-bond acceptors (Lipinski definition) is 3. The first-order chi connectivity index (χ1) is 14.7. The summed E-state index contributed by atoms with van der Waals surface area (Å²) in [4.78, 5) is 2.38. The summed E-state index contributed by atoms with van der Waals surface area (Å²) >= 11 is 3.63. The monoisotopic (exact) mass is 465 g/mol. The van der Waals surface area contributed by atoms with Gasteiger partial charge in [0.1, 0.15) is 0 Å². The van der Waals surface area contributed by atoms with Crippen LogP contribution in [0.4, 0.5) is 0 Å². The third-order valence-corrected chi connectivity index (χ3v) is 5.72. The Morgan fingerprint density at radius 1 is 0.767 bits per heavy atom. The van der Waals surface area contributed by atoms with Gasteiger partial charge < -0.3 is 9.47 Å². The summed E-state index contributed by atoms with van der Waals surface area (Å²) in [5, 5.41) is 0. The van der Waals surface area contributed by atoms with E-state index < -0.39 is 6.29 Å². The molecule has 0 saturated carbocycles. The Hall–Kier alpha value is -2.24. The first-order valence-electron chi connectivity index (χ1n) is 10.0. The molecule has 4 heteroatoms. The summed E-state index contributed by atoms with van der Waals surface area (Å²) < 4.78 is 12.5. The standard InChI is InChI=1S/C26H28BrNO2/c1-29-26(30-2)25(18-17-23-15-9-10-16-24(23)27)28(19-21-11-5-3-6-12-21)20-22-13-7-4-8-14-22/h3-18,25-26H,19-20H2,1-2H3/b18-17+. The number of hydrogen-bond donors (Lipinski definition) is 0. The van der Waals surface area contributed by atoms with E-state index in [9.17, 15) is 0 Å². The minimum atomic E-state index is -0.392. The molecule has 156 valence electrons. The molecule has 0 aromatic heterocycles. The van der Waals surface area contributed by atoms with Crippen LogP contribution in [0.2, 0.25) is 0 Å². The Morgan fingerprint density at radius 2 is 1.27 bits per heavy atom. The SMILES string of the molecule is COC(OC)C(/C=C/c1ccccc1Br)N(Cc1ccccc1)Cc1ccccc1. The lowest BCUT2D eigenvalue weighted by atomic mass is 10.1. The van der Waals surface area contributed by atoms with E-state index in [0.29, 0.717) is 0 Å². The van der Waals surface area contributed by atoms with Crippen molar-refractivity contribution in [1.82, 2.24) is 4.90 Å². The smallest absolute Gasteiger partial charge is 0.175 e. The molecule has 0 fully saturated rings. The van der Waals surface area contributed by atoms with Crippen molar-refractivity contribution in [2.24, 2.45) is 0 Å². The second-order valence-corrected chi connectivity index (χ2v) is 7.94. The van der Waals surface area contributed by atoms with Gasteiger partial charge in [-0.15, -0.1) is 0 Å². The van der Waals surface area contributed by atoms with Crippen LogP contribution in [0.25, 0.3) is 6.08 Å². The van der Waals surface area contributed by atoms with Gasteiger partial charge >= 0.3 is 0 Å². The van der Waals surface area contributed by atoms with Gasteiger partial charge in [0.25, 0.3) is 0 Å². The van der Waals surface area contributed by atoms with Crippen molar-refractivity contribution in [3.63, 3.8) is 0 Å². The molecule has 0 aliphatic heterocycles. The van der Waals surface area contributed by atoms with Gasteiger partial charge in [0, 0.05) is 31.8 Å². The maximum atomic E-state index is 5.71. The molecule has 0 N–H and O–H groups in total. The van der Waals surface area contributed by atoms with Crippen LogP contribution in [-0.2, 0) is 22.6 Å². The van der Waals surface area contributed by atoms with Crippen LogP contribution in [-0.4, -0.2) is 31.5 Å². The molecule has 1 atom stereocenters. The lowest BCUT2D eigenvalue weighted by Crippen LogP contribution is -2.43. The van der Waals surface area contributed by atoms with Gasteiger partial charge in [-0.2, -0.15) is 0 Å². The Labute approximate surface area is 188 Å². The summed E-state index contributed by atoms with van der Waals surface area (Å²) in [6.45, 7) is 1.56. The van der Waals surface area contributed by atoms with E-state index in [1.807, 2.05) is 30.3 Å². The van der Waals surface area contributed by atoms with E-state index >= 15 is 0 Å². The number of ether oxygens (including phenoxy) is 2. The van der Waals surface area contributed by atoms with Crippen molar-refractivity contribution < 1.29 is 9.47 Å². The van der Waals surface area contributed by atoms with Crippen LogP contribution in [0.3, 0.4) is 0 Å². The lowest BCUT2D eigenvalue weighted by Gasteiger charge is -2.34. The summed E-state index contributed by atoms with van der Waals surface area (Å²) in [6, 6.07) is 29.1. The molecule has 0 heterocycles. The number of rotatable bonds is 10. The minimum absolute atomic E-state index is 0.0764. The number of halogens is 1. The quantitative estimate of drug-likeness (QED) is 0.335. The van der Waals surface area contributed by atoms with Gasteiger partial charge in [0.2, 0.25) is 0 Å². The molecule has 3 rings (SSSR count). The van der Waals surface area contributed by atoms with Crippen LogP contribution in [0, 0.1) is 0 Å². The summed E-state index contributed by atoms with van der Waals surface area (Å²) in [5.74, 6) is 0. The summed E-state index contributed by atoms with van der Waals surface area (Å²) in [6.07, 6.45) is 3.91. The first-order valence-corrected chi connectivity index (χ1v) is 10.8. The fourth-order valence-electron chi connectivity index (χ4n) is 3.47. The zero-order valence-electron chi connectivity index (χ0n) is 17.4. The normalized spacial score (nSPS) is 12.7. The van der Waals surface area contributed by atoms with E-state index in [0.717, 1.165) is 23.1 Å². The molecule has 0 radical (unpaired) electrons. The van der Waals surface area contributed by atoms with Crippen molar-refractivity contribution in [3.05, 3.63) is 112 Å². The van der Waals surface area contributed by atoms with Crippen molar-refractivity contribution >= 4 is 22.0 Å². The fourth-order valence-corrected chi connectivity index (χ4v) is 3.89. The fraction of sp³-hybridized carbons (Fsp3) is 0.231. The maximum absolute atomic E-state index is 5.71. The molecule has 30 heavy (non-hydrogen) atoms. The third kappa shape index (κ3) is 6.38. The van der Waals surface area contributed by atoms with Crippen LogP contribution < -0.4 is 0 Å². The van der Waals surface area contributed by atoms with Gasteiger partial charge in [-0.3, -0.25) is 4.90 Å². The molecule has 0 spiro atoms. The third-order valence-electron chi connectivity index (χ3n) is 5.00. The highest BCUT2D eigenvalue weighted by Crippen LogP contribution is 2.22. The molecule has 0 aliphatic rings. The van der Waals surface area contributed by atoms with Crippen molar-refractivity contribution in [1.29, 1.82) is 0 Å². The van der Waals surface area contributed by atoms with Crippen molar-refractivity contribution in [2.45, 2.75) is 25.4 Å². The molecule has 3 aromatic carbocycles. The maximum Gasteiger partial charge on any atom is 0.175 e. The molecule has 0 aliphatic carbocycles. The van der Waals surface area contributed by atoms with Crippen LogP contribution in [0.1, 0.15) is 16.7 Å². The van der Waals surface area contributed by atoms with E-state index in [-0.39, 0.29) is 6.04 Å². The Bertz CT molecular complexity index is 869. The predicted octanol–water partition coefficient (Wildman–Crippen LogP) is 6.15. The zero-order chi connectivity index (χ0) is 21.2. The van der Waals surface area contributed by atoms with Crippen LogP contribution >= 0.6 is 15.9 Å². The molecule has 3 nitrogen and oxygen atoms in total.